The molecule has 5 heteroatoms. The first kappa shape index (κ1) is 12.3. The Morgan fingerprint density at radius 1 is 1.42 bits per heavy atom. The zero-order chi connectivity index (χ0) is 13.5. The van der Waals surface area contributed by atoms with Crippen molar-refractivity contribution in [1.82, 2.24) is 9.55 Å². The van der Waals surface area contributed by atoms with E-state index in [2.05, 4.69) is 11.1 Å². The molecule has 0 unspecified atom stereocenters. The van der Waals surface area contributed by atoms with Crippen molar-refractivity contribution in [2.75, 3.05) is 0 Å². The minimum Gasteiger partial charge on any atom is -0.326 e. The zero-order valence-electron chi connectivity index (χ0n) is 10.3. The van der Waals surface area contributed by atoms with E-state index in [1.807, 2.05) is 29.0 Å². The third-order valence-corrected chi connectivity index (χ3v) is 3.49. The highest BCUT2D eigenvalue weighted by atomic mass is 19.3. The van der Waals surface area contributed by atoms with Crippen LogP contribution in [0.2, 0.25) is 0 Å². The molecule has 0 saturated heterocycles. The van der Waals surface area contributed by atoms with Crippen molar-refractivity contribution in [2.24, 2.45) is 5.73 Å². The zero-order valence-corrected chi connectivity index (χ0v) is 10.3. The lowest BCUT2D eigenvalue weighted by atomic mass is 9.79. The predicted molar refractivity (Wildman–Crippen MR) is 67.2 cm³/mol. The lowest BCUT2D eigenvalue weighted by Crippen LogP contribution is -2.33. The van der Waals surface area contributed by atoms with Crippen molar-refractivity contribution in [3.8, 4) is 5.69 Å². The Morgan fingerprint density at radius 3 is 2.79 bits per heavy atom. The fraction of sp³-hybridized carbons (Fsp3) is 0.357. The van der Waals surface area contributed by atoms with Crippen LogP contribution < -0.4 is 5.73 Å². The van der Waals surface area contributed by atoms with Gasteiger partial charge in [-0.15, -0.1) is 0 Å². The van der Waals surface area contributed by atoms with E-state index in [4.69, 9.17) is 5.73 Å². The number of benzene rings is 1. The molecule has 2 aromatic rings. The monoisotopic (exact) mass is 262 g/mol. The normalized spacial score (nSPS) is 18.3. The fourth-order valence-electron chi connectivity index (χ4n) is 2.30. The topological polar surface area (TPSA) is 43.8 Å². The number of halogens is 2. The van der Waals surface area contributed by atoms with Crippen LogP contribution in [-0.2, 0) is 6.54 Å². The average Bonchev–Trinajstić information content (AvgIpc) is 2.85. The molecule has 3 nitrogen and oxygen atoms in total. The summed E-state index contributed by atoms with van der Waals surface area (Å²) in [6.45, 7) is 0.451. The Hall–Kier alpha value is -1.75. The quantitative estimate of drug-likeness (QED) is 0.924. The van der Waals surface area contributed by atoms with Gasteiger partial charge < -0.3 is 10.3 Å². The average molecular weight is 262 g/mol. The van der Waals surface area contributed by atoms with Gasteiger partial charge in [-0.25, -0.2) is 13.8 Å². The van der Waals surface area contributed by atoms with Crippen LogP contribution in [0.3, 0.4) is 0 Å². The molecular formula is C14H14F2N3. The van der Waals surface area contributed by atoms with E-state index in [1.54, 1.807) is 6.33 Å². The van der Waals surface area contributed by atoms with Crippen LogP contribution in [0.1, 0.15) is 30.0 Å². The standard InChI is InChI=1S/C14H14F2N3/c15-14(16)5-11(6-14)13-8-19(9-18-13)12-3-1-10(7-17)2-4-12/h1,3-4,8-9,11H,5-7,17H2. The van der Waals surface area contributed by atoms with Crippen molar-refractivity contribution in [3.63, 3.8) is 0 Å². The van der Waals surface area contributed by atoms with Gasteiger partial charge in [-0.05, 0) is 23.8 Å². The Bertz CT molecular complexity index is 567. The molecule has 1 aliphatic rings. The first-order chi connectivity index (χ1) is 9.07. The van der Waals surface area contributed by atoms with E-state index in [-0.39, 0.29) is 18.8 Å². The van der Waals surface area contributed by atoms with Gasteiger partial charge in [0.1, 0.15) is 0 Å². The van der Waals surface area contributed by atoms with Crippen molar-refractivity contribution >= 4 is 0 Å². The minimum absolute atomic E-state index is 0.0950. The number of rotatable bonds is 3. The number of nitrogens with zero attached hydrogens (tertiary/aromatic N) is 2. The second-order valence-corrected chi connectivity index (χ2v) is 4.94. The van der Waals surface area contributed by atoms with Crippen LogP contribution in [0.4, 0.5) is 8.78 Å². The third-order valence-electron chi connectivity index (χ3n) is 3.49. The Morgan fingerprint density at radius 2 is 2.21 bits per heavy atom. The number of nitrogens with two attached hydrogens (primary N) is 1. The van der Waals surface area contributed by atoms with Crippen molar-refractivity contribution < 1.29 is 8.78 Å². The summed E-state index contributed by atoms with van der Waals surface area (Å²) in [7, 11) is 0. The van der Waals surface area contributed by atoms with Crippen LogP contribution in [0.25, 0.3) is 5.69 Å². The summed E-state index contributed by atoms with van der Waals surface area (Å²) in [5.74, 6) is -2.63. The lowest BCUT2D eigenvalue weighted by molar-refractivity contribution is -0.0875. The highest BCUT2D eigenvalue weighted by Crippen LogP contribution is 2.47. The maximum Gasteiger partial charge on any atom is 0.249 e. The summed E-state index contributed by atoms with van der Waals surface area (Å²) in [4.78, 5) is 4.21. The molecule has 1 fully saturated rings. The molecule has 1 aromatic heterocycles. The van der Waals surface area contributed by atoms with Crippen molar-refractivity contribution in [1.29, 1.82) is 0 Å². The molecule has 2 N–H and O–H groups in total. The summed E-state index contributed by atoms with van der Waals surface area (Å²) < 4.78 is 27.5. The van der Waals surface area contributed by atoms with Gasteiger partial charge in [0.15, 0.2) is 0 Å². The van der Waals surface area contributed by atoms with Gasteiger partial charge in [-0.3, -0.25) is 0 Å². The van der Waals surface area contributed by atoms with Gasteiger partial charge in [0, 0.05) is 37.2 Å². The van der Waals surface area contributed by atoms with Crippen molar-refractivity contribution in [2.45, 2.75) is 31.2 Å². The van der Waals surface area contributed by atoms with Gasteiger partial charge in [0.05, 0.1) is 12.0 Å². The highest BCUT2D eigenvalue weighted by molar-refractivity contribution is 5.34. The fourth-order valence-corrected chi connectivity index (χ4v) is 2.30. The summed E-state index contributed by atoms with van der Waals surface area (Å²) in [6, 6.07) is 8.71. The van der Waals surface area contributed by atoms with E-state index >= 15 is 0 Å². The molecular weight excluding hydrogens is 248 g/mol. The smallest absolute Gasteiger partial charge is 0.249 e. The second-order valence-electron chi connectivity index (χ2n) is 4.94. The number of hydrogen-bond acceptors (Lipinski definition) is 2. The molecule has 0 amide bonds. The van der Waals surface area contributed by atoms with Gasteiger partial charge in [0.25, 0.3) is 0 Å². The second kappa shape index (κ2) is 4.42. The van der Waals surface area contributed by atoms with Gasteiger partial charge in [-0.1, -0.05) is 6.07 Å². The maximum atomic E-state index is 12.8. The highest BCUT2D eigenvalue weighted by Gasteiger charge is 2.46. The Balaban J connectivity index is 1.77. The molecule has 1 radical (unpaired) electrons. The number of alkyl halides is 2. The van der Waals surface area contributed by atoms with E-state index < -0.39 is 5.92 Å². The molecule has 19 heavy (non-hydrogen) atoms. The molecule has 3 rings (SSSR count). The Kier molecular flexibility index (Phi) is 2.86. The van der Waals surface area contributed by atoms with Crippen LogP contribution in [0, 0.1) is 6.07 Å². The van der Waals surface area contributed by atoms with E-state index in [9.17, 15) is 8.78 Å². The molecule has 1 heterocycles. The number of hydrogen-bond donors (Lipinski definition) is 1. The van der Waals surface area contributed by atoms with Gasteiger partial charge in [-0.2, -0.15) is 0 Å². The molecule has 1 aliphatic carbocycles. The van der Waals surface area contributed by atoms with Gasteiger partial charge >= 0.3 is 0 Å². The van der Waals surface area contributed by atoms with Crippen LogP contribution in [-0.4, -0.2) is 15.5 Å². The predicted octanol–water partition coefficient (Wildman–Crippen LogP) is 2.64. The van der Waals surface area contributed by atoms with Gasteiger partial charge in [0.2, 0.25) is 5.92 Å². The summed E-state index contributed by atoms with van der Waals surface area (Å²) in [6.07, 6.45) is 3.27. The SMILES string of the molecule is NCc1[c]cc(-n2cnc(C3CC(F)(F)C3)c2)cc1. The van der Waals surface area contributed by atoms with Crippen molar-refractivity contribution in [3.05, 3.63) is 48.0 Å². The maximum absolute atomic E-state index is 12.8. The first-order valence-electron chi connectivity index (χ1n) is 6.20. The lowest BCUT2D eigenvalue weighted by Gasteiger charge is -2.33. The number of imidazole rings is 1. The number of aromatic nitrogens is 2. The van der Waals surface area contributed by atoms with Crippen LogP contribution in [0.5, 0.6) is 0 Å². The van der Waals surface area contributed by atoms with Crippen LogP contribution >= 0.6 is 0 Å². The summed E-state index contributed by atoms with van der Waals surface area (Å²) in [5.41, 5.74) is 8.08. The molecule has 1 aromatic carbocycles. The summed E-state index contributed by atoms with van der Waals surface area (Å²) in [5, 5.41) is 0. The Labute approximate surface area is 110 Å². The van der Waals surface area contributed by atoms with E-state index in [1.165, 1.54) is 0 Å². The molecule has 1 saturated carbocycles. The van der Waals surface area contributed by atoms with Crippen LogP contribution in [0.15, 0.2) is 30.7 Å². The third kappa shape index (κ3) is 2.38. The summed E-state index contributed by atoms with van der Waals surface area (Å²) >= 11 is 0. The molecule has 99 valence electrons. The van der Waals surface area contributed by atoms with E-state index in [0.717, 1.165) is 16.9 Å². The molecule has 0 atom stereocenters. The minimum atomic E-state index is -2.51. The molecule has 0 aliphatic heterocycles. The first-order valence-corrected chi connectivity index (χ1v) is 6.20. The molecule has 0 bridgehead atoms. The largest absolute Gasteiger partial charge is 0.326 e. The molecule has 0 spiro atoms. The van der Waals surface area contributed by atoms with E-state index in [0.29, 0.717) is 6.54 Å².